The molecular weight excluding hydrogens is 226 g/mol. The highest BCUT2D eigenvalue weighted by Crippen LogP contribution is 2.25. The Morgan fingerprint density at radius 3 is 2.89 bits per heavy atom. The van der Waals surface area contributed by atoms with Crippen molar-refractivity contribution in [2.24, 2.45) is 0 Å². The molecule has 0 aliphatic carbocycles. The molecule has 1 aliphatic heterocycles. The van der Waals surface area contributed by atoms with Crippen LogP contribution in [0.2, 0.25) is 0 Å². The van der Waals surface area contributed by atoms with Crippen molar-refractivity contribution in [3.63, 3.8) is 0 Å². The predicted molar refractivity (Wildman–Crippen MR) is 72.1 cm³/mol. The summed E-state index contributed by atoms with van der Waals surface area (Å²) in [6.07, 6.45) is 2.45. The number of methoxy groups -OCH3 is 1. The van der Waals surface area contributed by atoms with Crippen LogP contribution in [0.25, 0.3) is 0 Å². The minimum atomic E-state index is -0.352. The first-order valence-electron chi connectivity index (χ1n) is 6.47. The Labute approximate surface area is 109 Å². The molecule has 1 aromatic carbocycles. The van der Waals surface area contributed by atoms with E-state index in [0.717, 1.165) is 36.3 Å². The maximum absolute atomic E-state index is 12.4. The minimum absolute atomic E-state index is 0.254. The number of ether oxygens (including phenoxy) is 1. The fraction of sp³-hybridized carbons (Fsp3) is 0.533. The second kappa shape index (κ2) is 5.11. The van der Waals surface area contributed by atoms with Crippen LogP contribution in [0.5, 0.6) is 5.75 Å². The van der Waals surface area contributed by atoms with Crippen LogP contribution >= 0.6 is 0 Å². The Bertz CT molecular complexity index is 448. The zero-order valence-corrected chi connectivity index (χ0v) is 11.4. The number of hydrogen-bond donors (Lipinski definition) is 1. The molecule has 3 nitrogen and oxygen atoms in total. The number of aryl methyl sites for hydroxylation is 1. The number of Topliss-reactive ketones (excluding diaryl/α,β-unsaturated/α-hetero) is 1. The number of carbonyl (C=O) groups is 1. The van der Waals surface area contributed by atoms with Gasteiger partial charge in [0.2, 0.25) is 0 Å². The summed E-state index contributed by atoms with van der Waals surface area (Å²) in [6, 6.07) is 5.97. The van der Waals surface area contributed by atoms with Crippen molar-refractivity contribution in [3.05, 3.63) is 29.3 Å². The van der Waals surface area contributed by atoms with Gasteiger partial charge in [0.15, 0.2) is 5.78 Å². The zero-order chi connectivity index (χ0) is 13.2. The van der Waals surface area contributed by atoms with Crippen LogP contribution in [-0.4, -0.2) is 25.0 Å². The molecule has 0 radical (unpaired) electrons. The molecule has 1 heterocycles. The molecule has 0 bridgehead atoms. The number of ketones is 1. The molecule has 98 valence electrons. The molecule has 2 rings (SSSR count). The lowest BCUT2D eigenvalue weighted by molar-refractivity contribution is -0.123. The SMILES string of the molecule is COc1ccc(C)cc1CC(=O)C1(C)CCCN1. The van der Waals surface area contributed by atoms with E-state index in [1.54, 1.807) is 7.11 Å². The monoisotopic (exact) mass is 247 g/mol. The molecule has 0 amide bonds. The van der Waals surface area contributed by atoms with Crippen molar-refractivity contribution < 1.29 is 9.53 Å². The van der Waals surface area contributed by atoms with Gasteiger partial charge in [-0.25, -0.2) is 0 Å². The number of carbonyl (C=O) groups excluding carboxylic acids is 1. The van der Waals surface area contributed by atoms with Gasteiger partial charge in [-0.2, -0.15) is 0 Å². The van der Waals surface area contributed by atoms with Crippen molar-refractivity contribution in [3.8, 4) is 5.75 Å². The van der Waals surface area contributed by atoms with Gasteiger partial charge in [-0.05, 0) is 39.3 Å². The van der Waals surface area contributed by atoms with E-state index in [1.807, 2.05) is 32.0 Å². The summed E-state index contributed by atoms with van der Waals surface area (Å²) < 4.78 is 5.32. The molecule has 18 heavy (non-hydrogen) atoms. The summed E-state index contributed by atoms with van der Waals surface area (Å²) in [5, 5.41) is 3.31. The molecular formula is C15H21NO2. The van der Waals surface area contributed by atoms with Crippen LogP contribution in [0.3, 0.4) is 0 Å². The number of hydrogen-bond acceptors (Lipinski definition) is 3. The lowest BCUT2D eigenvalue weighted by atomic mass is 9.90. The van der Waals surface area contributed by atoms with E-state index < -0.39 is 0 Å². The maximum atomic E-state index is 12.4. The highest BCUT2D eigenvalue weighted by Gasteiger charge is 2.35. The van der Waals surface area contributed by atoms with E-state index in [9.17, 15) is 4.79 Å². The first-order valence-corrected chi connectivity index (χ1v) is 6.47. The van der Waals surface area contributed by atoms with E-state index in [4.69, 9.17) is 4.74 Å². The second-order valence-corrected chi connectivity index (χ2v) is 5.28. The fourth-order valence-corrected chi connectivity index (χ4v) is 2.55. The van der Waals surface area contributed by atoms with Gasteiger partial charge in [-0.3, -0.25) is 4.79 Å². The van der Waals surface area contributed by atoms with Crippen LogP contribution in [0.15, 0.2) is 18.2 Å². The van der Waals surface area contributed by atoms with Crippen molar-refractivity contribution in [2.45, 2.75) is 38.6 Å². The summed E-state index contributed by atoms with van der Waals surface area (Å²) in [7, 11) is 1.65. The van der Waals surface area contributed by atoms with E-state index in [-0.39, 0.29) is 11.3 Å². The van der Waals surface area contributed by atoms with Crippen molar-refractivity contribution in [1.82, 2.24) is 5.32 Å². The van der Waals surface area contributed by atoms with Gasteiger partial charge < -0.3 is 10.1 Å². The van der Waals surface area contributed by atoms with Crippen LogP contribution in [0.4, 0.5) is 0 Å². The molecule has 0 spiro atoms. The zero-order valence-electron chi connectivity index (χ0n) is 11.4. The molecule has 1 N–H and O–H groups in total. The third-order valence-corrected chi connectivity index (χ3v) is 3.77. The average Bonchev–Trinajstić information content (AvgIpc) is 2.78. The van der Waals surface area contributed by atoms with E-state index >= 15 is 0 Å². The molecule has 1 fully saturated rings. The smallest absolute Gasteiger partial charge is 0.157 e. The Hall–Kier alpha value is -1.35. The van der Waals surface area contributed by atoms with Gasteiger partial charge in [-0.15, -0.1) is 0 Å². The van der Waals surface area contributed by atoms with Gasteiger partial charge in [-0.1, -0.05) is 17.7 Å². The number of nitrogens with one attached hydrogen (secondary N) is 1. The molecule has 1 atom stereocenters. The summed E-state index contributed by atoms with van der Waals surface area (Å²) >= 11 is 0. The second-order valence-electron chi connectivity index (χ2n) is 5.28. The summed E-state index contributed by atoms with van der Waals surface area (Å²) in [4.78, 5) is 12.4. The Kier molecular flexibility index (Phi) is 3.71. The molecule has 3 heteroatoms. The normalized spacial score (nSPS) is 23.1. The van der Waals surface area contributed by atoms with Gasteiger partial charge in [0.05, 0.1) is 12.6 Å². The van der Waals surface area contributed by atoms with Gasteiger partial charge in [0, 0.05) is 12.0 Å². The molecule has 1 aliphatic rings. The third kappa shape index (κ3) is 2.56. The van der Waals surface area contributed by atoms with Crippen molar-refractivity contribution in [1.29, 1.82) is 0 Å². The van der Waals surface area contributed by atoms with Gasteiger partial charge in [0.1, 0.15) is 5.75 Å². The predicted octanol–water partition coefficient (Wildman–Crippen LogP) is 2.26. The molecule has 1 aromatic rings. The molecule has 1 unspecified atom stereocenters. The summed E-state index contributed by atoms with van der Waals surface area (Å²) in [5.41, 5.74) is 1.79. The summed E-state index contributed by atoms with van der Waals surface area (Å²) in [6.45, 7) is 4.97. The maximum Gasteiger partial charge on any atom is 0.157 e. The lowest BCUT2D eigenvalue weighted by Gasteiger charge is -2.23. The first kappa shape index (κ1) is 13.1. The van der Waals surface area contributed by atoms with Crippen LogP contribution in [0.1, 0.15) is 30.9 Å². The minimum Gasteiger partial charge on any atom is -0.496 e. The molecule has 1 saturated heterocycles. The summed E-state index contributed by atoms with van der Waals surface area (Å²) in [5.74, 6) is 1.06. The average molecular weight is 247 g/mol. The largest absolute Gasteiger partial charge is 0.496 e. The highest BCUT2D eigenvalue weighted by atomic mass is 16.5. The van der Waals surface area contributed by atoms with E-state index in [2.05, 4.69) is 5.32 Å². The quantitative estimate of drug-likeness (QED) is 0.887. The number of benzene rings is 1. The highest BCUT2D eigenvalue weighted by molar-refractivity contribution is 5.90. The van der Waals surface area contributed by atoms with Crippen LogP contribution < -0.4 is 10.1 Å². The Morgan fingerprint density at radius 2 is 2.28 bits per heavy atom. The Morgan fingerprint density at radius 1 is 1.50 bits per heavy atom. The standard InChI is InChI=1S/C15H21NO2/c1-11-5-6-13(18-3)12(9-11)10-14(17)15(2)7-4-8-16-15/h5-6,9,16H,4,7-8,10H2,1-3H3. The van der Waals surface area contributed by atoms with Crippen molar-refractivity contribution >= 4 is 5.78 Å². The molecule has 0 saturated carbocycles. The lowest BCUT2D eigenvalue weighted by Crippen LogP contribution is -2.45. The van der Waals surface area contributed by atoms with Crippen LogP contribution in [-0.2, 0) is 11.2 Å². The van der Waals surface area contributed by atoms with Crippen LogP contribution in [0, 0.1) is 6.92 Å². The molecule has 0 aromatic heterocycles. The first-order chi connectivity index (χ1) is 8.55. The fourth-order valence-electron chi connectivity index (χ4n) is 2.55. The van der Waals surface area contributed by atoms with Crippen molar-refractivity contribution in [2.75, 3.05) is 13.7 Å². The van der Waals surface area contributed by atoms with E-state index in [0.29, 0.717) is 6.42 Å². The van der Waals surface area contributed by atoms with Gasteiger partial charge >= 0.3 is 0 Å². The Balaban J connectivity index is 2.18. The van der Waals surface area contributed by atoms with Gasteiger partial charge in [0.25, 0.3) is 0 Å². The number of rotatable bonds is 4. The third-order valence-electron chi connectivity index (χ3n) is 3.77. The topological polar surface area (TPSA) is 38.3 Å². The van der Waals surface area contributed by atoms with E-state index in [1.165, 1.54) is 0 Å².